The second-order valence-electron chi connectivity index (χ2n) is 9.12. The van der Waals surface area contributed by atoms with E-state index >= 15 is 0 Å². The molecule has 4 rings (SSSR count). The first-order chi connectivity index (χ1) is 14.9. The van der Waals surface area contributed by atoms with Crippen molar-refractivity contribution in [2.45, 2.75) is 44.8 Å². The van der Waals surface area contributed by atoms with Crippen LogP contribution in [0.5, 0.6) is 5.75 Å². The van der Waals surface area contributed by atoms with E-state index in [0.29, 0.717) is 17.8 Å². The normalized spacial score (nSPS) is 26.9. The molecule has 1 saturated carbocycles. The highest BCUT2D eigenvalue weighted by atomic mass is 19.3. The topological polar surface area (TPSA) is 24.9 Å². The molecule has 2 heterocycles. The van der Waals surface area contributed by atoms with E-state index in [9.17, 15) is 17.6 Å². The summed E-state index contributed by atoms with van der Waals surface area (Å²) in [5.74, 6) is 1.79. The fourth-order valence-corrected chi connectivity index (χ4v) is 5.03. The minimum atomic E-state index is -4.47. The van der Waals surface area contributed by atoms with E-state index in [2.05, 4.69) is 14.5 Å². The molecule has 1 aromatic rings. The van der Waals surface area contributed by atoms with Crippen molar-refractivity contribution < 1.29 is 27.0 Å². The Morgan fingerprint density at radius 1 is 0.968 bits per heavy atom. The molecule has 0 spiro atoms. The zero-order valence-electron chi connectivity index (χ0n) is 17.8. The number of ether oxygens (including phenoxy) is 2. The van der Waals surface area contributed by atoms with E-state index < -0.39 is 12.5 Å². The van der Waals surface area contributed by atoms with Gasteiger partial charge in [-0.1, -0.05) is 18.6 Å². The molecular formula is C23H32F4N2O2. The van der Waals surface area contributed by atoms with Crippen LogP contribution in [-0.4, -0.2) is 68.3 Å². The first-order valence-corrected chi connectivity index (χ1v) is 11.4. The van der Waals surface area contributed by atoms with Gasteiger partial charge in [0.05, 0.1) is 6.61 Å². The largest absolute Gasteiger partial charge is 0.461 e. The van der Waals surface area contributed by atoms with Gasteiger partial charge >= 0.3 is 12.5 Å². The molecule has 2 saturated heterocycles. The number of hydrogen-bond donors (Lipinski definition) is 0. The molecule has 3 aliphatic rings. The third-order valence-corrected chi connectivity index (χ3v) is 6.81. The average Bonchev–Trinajstić information content (AvgIpc) is 3.20. The number of piperidine rings is 2. The Balaban J connectivity index is 1.10. The average molecular weight is 445 g/mol. The summed E-state index contributed by atoms with van der Waals surface area (Å²) in [6, 6.07) is 5.96. The first kappa shape index (κ1) is 22.8. The van der Waals surface area contributed by atoms with Gasteiger partial charge in [0, 0.05) is 32.8 Å². The summed E-state index contributed by atoms with van der Waals surface area (Å²) in [5.41, 5.74) is 0.958. The number of hydrogen-bond acceptors (Lipinski definition) is 4. The lowest BCUT2D eigenvalue weighted by atomic mass is 10.1. The lowest BCUT2D eigenvalue weighted by molar-refractivity contribution is -0.253. The van der Waals surface area contributed by atoms with Gasteiger partial charge in [-0.05, 0) is 67.8 Å². The van der Waals surface area contributed by atoms with Gasteiger partial charge in [0.15, 0.2) is 0 Å². The summed E-state index contributed by atoms with van der Waals surface area (Å²) in [7, 11) is 0. The van der Waals surface area contributed by atoms with Crippen LogP contribution in [0.1, 0.15) is 31.2 Å². The van der Waals surface area contributed by atoms with E-state index in [-0.39, 0.29) is 5.75 Å². The van der Waals surface area contributed by atoms with Crippen molar-refractivity contribution in [1.29, 1.82) is 0 Å². The fraction of sp³-hybridized carbons (Fsp3) is 0.739. The summed E-state index contributed by atoms with van der Waals surface area (Å²) in [6.45, 7) is 8.09. The second-order valence-corrected chi connectivity index (χ2v) is 9.12. The quantitative estimate of drug-likeness (QED) is 0.371. The molecule has 4 nitrogen and oxygen atoms in total. The van der Waals surface area contributed by atoms with Crippen LogP contribution in [0.4, 0.5) is 17.6 Å². The Hall–Kier alpha value is -1.38. The summed E-state index contributed by atoms with van der Waals surface area (Å²) >= 11 is 0. The fourth-order valence-electron chi connectivity index (χ4n) is 5.03. The Kier molecular flexibility index (Phi) is 7.39. The Bertz CT molecular complexity index is 685. The van der Waals surface area contributed by atoms with Crippen molar-refractivity contribution >= 4 is 0 Å². The van der Waals surface area contributed by atoms with Crippen molar-refractivity contribution in [2.75, 3.05) is 45.9 Å². The molecule has 0 aromatic heterocycles. The molecular weight excluding hydrogens is 412 g/mol. The van der Waals surface area contributed by atoms with Gasteiger partial charge < -0.3 is 14.4 Å². The number of benzene rings is 1. The first-order valence-electron chi connectivity index (χ1n) is 11.4. The van der Waals surface area contributed by atoms with E-state index in [1.54, 1.807) is 12.1 Å². The molecule has 2 aliphatic heterocycles. The maximum Gasteiger partial charge on any atom is 0.461 e. The van der Waals surface area contributed by atoms with Crippen LogP contribution >= 0.6 is 0 Å². The minimum Gasteiger partial charge on any atom is -0.428 e. The molecule has 1 aliphatic carbocycles. The van der Waals surface area contributed by atoms with Crippen LogP contribution in [0.2, 0.25) is 0 Å². The van der Waals surface area contributed by atoms with Crippen LogP contribution in [0, 0.1) is 17.8 Å². The van der Waals surface area contributed by atoms with E-state index in [1.165, 1.54) is 44.5 Å². The third kappa shape index (κ3) is 6.11. The van der Waals surface area contributed by atoms with Crippen LogP contribution < -0.4 is 4.74 Å². The molecule has 0 amide bonds. The standard InChI is InChI=1S/C23H32F4N2O2/c24-22(25)23(26,27)31-18-7-5-17(6-8-18)13-29-14-19-20(15-29)21(19)16-30-12-4-11-28-9-2-1-3-10-28/h5-8,19-22H,1-4,9-16H2/t19-,20+,21+. The highest BCUT2D eigenvalue weighted by molar-refractivity contribution is 5.28. The van der Waals surface area contributed by atoms with Crippen molar-refractivity contribution in [2.24, 2.45) is 17.8 Å². The predicted molar refractivity (Wildman–Crippen MR) is 109 cm³/mol. The summed E-state index contributed by atoms with van der Waals surface area (Å²) in [4.78, 5) is 4.89. The number of alkyl halides is 4. The molecule has 1 aromatic carbocycles. The zero-order valence-corrected chi connectivity index (χ0v) is 17.8. The van der Waals surface area contributed by atoms with Crippen LogP contribution in [0.3, 0.4) is 0 Å². The zero-order chi connectivity index (χ0) is 21.8. The van der Waals surface area contributed by atoms with Gasteiger partial charge in [0.25, 0.3) is 0 Å². The minimum absolute atomic E-state index is 0.254. The predicted octanol–water partition coefficient (Wildman–Crippen LogP) is 4.49. The smallest absolute Gasteiger partial charge is 0.428 e. The van der Waals surface area contributed by atoms with Gasteiger partial charge in [0.2, 0.25) is 0 Å². The van der Waals surface area contributed by atoms with Crippen LogP contribution in [0.25, 0.3) is 0 Å². The molecule has 8 heteroatoms. The van der Waals surface area contributed by atoms with Crippen molar-refractivity contribution in [3.63, 3.8) is 0 Å². The Morgan fingerprint density at radius 3 is 2.29 bits per heavy atom. The summed E-state index contributed by atoms with van der Waals surface area (Å²) in [6.07, 6.45) is -3.19. The highest BCUT2D eigenvalue weighted by Crippen LogP contribution is 2.52. The molecule has 0 bridgehead atoms. The van der Waals surface area contributed by atoms with E-state index in [0.717, 1.165) is 51.4 Å². The number of fused-ring (bicyclic) bond motifs is 1. The molecule has 0 unspecified atom stereocenters. The lowest BCUT2D eigenvalue weighted by Crippen LogP contribution is -2.33. The van der Waals surface area contributed by atoms with Crippen molar-refractivity contribution in [3.05, 3.63) is 29.8 Å². The van der Waals surface area contributed by atoms with Gasteiger partial charge in [-0.3, -0.25) is 4.90 Å². The number of likely N-dealkylation sites (tertiary alicyclic amines) is 2. The number of halogens is 4. The van der Waals surface area contributed by atoms with Gasteiger partial charge in [-0.2, -0.15) is 17.6 Å². The van der Waals surface area contributed by atoms with Crippen molar-refractivity contribution in [3.8, 4) is 5.75 Å². The van der Waals surface area contributed by atoms with Crippen LogP contribution in [0.15, 0.2) is 24.3 Å². The number of nitrogens with zero attached hydrogens (tertiary/aromatic N) is 2. The summed E-state index contributed by atoms with van der Waals surface area (Å²) < 4.78 is 60.4. The van der Waals surface area contributed by atoms with Gasteiger partial charge in [0.1, 0.15) is 5.75 Å². The molecule has 0 radical (unpaired) electrons. The van der Waals surface area contributed by atoms with Gasteiger partial charge in [-0.15, -0.1) is 0 Å². The maximum absolute atomic E-state index is 13.0. The molecule has 3 atom stereocenters. The number of rotatable bonds is 11. The Morgan fingerprint density at radius 2 is 1.65 bits per heavy atom. The van der Waals surface area contributed by atoms with E-state index in [1.807, 2.05) is 0 Å². The highest BCUT2D eigenvalue weighted by Gasteiger charge is 2.55. The summed E-state index contributed by atoms with van der Waals surface area (Å²) in [5, 5.41) is 0. The van der Waals surface area contributed by atoms with Crippen molar-refractivity contribution in [1.82, 2.24) is 9.80 Å². The Labute approximate surface area is 181 Å². The van der Waals surface area contributed by atoms with Crippen LogP contribution in [-0.2, 0) is 11.3 Å². The molecule has 174 valence electrons. The van der Waals surface area contributed by atoms with E-state index in [4.69, 9.17) is 4.74 Å². The molecule has 3 fully saturated rings. The molecule has 0 N–H and O–H groups in total. The molecule has 31 heavy (non-hydrogen) atoms. The monoisotopic (exact) mass is 444 g/mol. The third-order valence-electron chi connectivity index (χ3n) is 6.81. The maximum atomic E-state index is 13.0. The second kappa shape index (κ2) is 10.0. The SMILES string of the molecule is FC(F)C(F)(F)Oc1ccc(CN2C[C@@H]3[C@@H](COCCCN4CCCCC4)[C@@H]3C2)cc1. The van der Waals surface area contributed by atoms with Gasteiger partial charge in [-0.25, -0.2) is 0 Å². The lowest BCUT2D eigenvalue weighted by Gasteiger charge is -2.26.